The van der Waals surface area contributed by atoms with Crippen molar-refractivity contribution >= 4 is 0 Å². The first-order valence-corrected chi connectivity index (χ1v) is 3.27. The molecule has 2 rings (SSSR count). The van der Waals surface area contributed by atoms with E-state index >= 15 is 0 Å². The Morgan fingerprint density at radius 1 is 1.25 bits per heavy atom. The van der Waals surface area contributed by atoms with Crippen LogP contribution in [-0.4, -0.2) is 0 Å². The first-order valence-electron chi connectivity index (χ1n) is 3.27. The van der Waals surface area contributed by atoms with Gasteiger partial charge >= 0.3 is 0 Å². The SMILES string of the molecule is C=C1CCCC2=C1C2. The van der Waals surface area contributed by atoms with Gasteiger partial charge in [-0.2, -0.15) is 0 Å². The van der Waals surface area contributed by atoms with Crippen LogP contribution < -0.4 is 0 Å². The smallest absolute Gasteiger partial charge is 0.00589 e. The van der Waals surface area contributed by atoms with Gasteiger partial charge < -0.3 is 0 Å². The normalized spacial score (nSPS) is 25.8. The highest BCUT2D eigenvalue weighted by Gasteiger charge is 2.26. The summed E-state index contributed by atoms with van der Waals surface area (Å²) in [4.78, 5) is 0. The summed E-state index contributed by atoms with van der Waals surface area (Å²) in [5.74, 6) is 0. The predicted molar refractivity (Wildman–Crippen MR) is 34.6 cm³/mol. The van der Waals surface area contributed by atoms with E-state index in [1.165, 1.54) is 31.3 Å². The summed E-state index contributed by atoms with van der Waals surface area (Å²) in [7, 11) is 0. The average Bonchev–Trinajstić information content (AvgIpc) is 2.45. The lowest BCUT2D eigenvalue weighted by atomic mass is 10.0. The summed E-state index contributed by atoms with van der Waals surface area (Å²) in [5, 5.41) is 0. The zero-order valence-electron chi connectivity index (χ0n) is 5.04. The van der Waals surface area contributed by atoms with Crippen LogP contribution in [0.25, 0.3) is 0 Å². The van der Waals surface area contributed by atoms with E-state index in [1.54, 1.807) is 11.1 Å². The van der Waals surface area contributed by atoms with Crippen LogP contribution in [0.15, 0.2) is 23.3 Å². The quantitative estimate of drug-likeness (QED) is 0.445. The maximum Gasteiger partial charge on any atom is -0.00589 e. The molecular weight excluding hydrogens is 96.1 g/mol. The zero-order chi connectivity index (χ0) is 5.56. The fourth-order valence-corrected chi connectivity index (χ4v) is 1.45. The van der Waals surface area contributed by atoms with Gasteiger partial charge in [0.25, 0.3) is 0 Å². The van der Waals surface area contributed by atoms with Crippen molar-refractivity contribution in [3.8, 4) is 0 Å². The van der Waals surface area contributed by atoms with Gasteiger partial charge in [0.2, 0.25) is 0 Å². The monoisotopic (exact) mass is 106 g/mol. The number of rotatable bonds is 0. The lowest BCUT2D eigenvalue weighted by Crippen LogP contribution is -1.82. The van der Waals surface area contributed by atoms with Gasteiger partial charge in [0.15, 0.2) is 0 Å². The highest BCUT2D eigenvalue weighted by Crippen LogP contribution is 2.45. The minimum atomic E-state index is 1.26. The highest BCUT2D eigenvalue weighted by molar-refractivity contribution is 5.50. The lowest BCUT2D eigenvalue weighted by Gasteiger charge is -2.01. The molecule has 0 nitrogen and oxygen atoms in total. The van der Waals surface area contributed by atoms with Gasteiger partial charge in [-0.3, -0.25) is 0 Å². The number of hydrogen-bond donors (Lipinski definition) is 0. The minimum absolute atomic E-state index is 1.26. The van der Waals surface area contributed by atoms with E-state index in [2.05, 4.69) is 6.58 Å². The summed E-state index contributed by atoms with van der Waals surface area (Å²) < 4.78 is 0. The molecule has 0 N–H and O–H groups in total. The van der Waals surface area contributed by atoms with E-state index in [-0.39, 0.29) is 0 Å². The van der Waals surface area contributed by atoms with Crippen LogP contribution >= 0.6 is 0 Å². The van der Waals surface area contributed by atoms with E-state index in [4.69, 9.17) is 0 Å². The Morgan fingerprint density at radius 2 is 2.12 bits per heavy atom. The van der Waals surface area contributed by atoms with Crippen molar-refractivity contribution in [1.82, 2.24) is 0 Å². The standard InChI is InChI=1S/C8H10/c1-6-3-2-4-7-5-8(6)7/h1-5H2. The molecule has 0 aromatic heterocycles. The second-order valence-corrected chi connectivity index (χ2v) is 2.72. The molecule has 0 spiro atoms. The molecular formula is C8H10. The minimum Gasteiger partial charge on any atom is -0.0955 e. The van der Waals surface area contributed by atoms with Gasteiger partial charge in [-0.25, -0.2) is 0 Å². The van der Waals surface area contributed by atoms with Gasteiger partial charge in [0.05, 0.1) is 0 Å². The molecule has 0 atom stereocenters. The maximum absolute atomic E-state index is 3.98. The fraction of sp³-hybridized carbons (Fsp3) is 0.500. The molecule has 0 bridgehead atoms. The Morgan fingerprint density at radius 3 is 2.75 bits per heavy atom. The number of allylic oxidation sites excluding steroid dienone is 3. The summed E-state index contributed by atoms with van der Waals surface area (Å²) >= 11 is 0. The van der Waals surface area contributed by atoms with Crippen LogP contribution in [0.2, 0.25) is 0 Å². The third-order valence-corrected chi connectivity index (χ3v) is 2.08. The Labute approximate surface area is 49.9 Å². The van der Waals surface area contributed by atoms with Crippen LogP contribution in [0, 0.1) is 0 Å². The molecule has 0 heterocycles. The van der Waals surface area contributed by atoms with Crippen molar-refractivity contribution in [1.29, 1.82) is 0 Å². The second-order valence-electron chi connectivity index (χ2n) is 2.72. The van der Waals surface area contributed by atoms with Gasteiger partial charge in [-0.05, 0) is 31.3 Å². The highest BCUT2D eigenvalue weighted by atomic mass is 14.3. The second kappa shape index (κ2) is 1.25. The Hall–Kier alpha value is -0.520. The summed E-state index contributed by atoms with van der Waals surface area (Å²) in [6.45, 7) is 3.98. The fourth-order valence-electron chi connectivity index (χ4n) is 1.45. The number of hydrogen-bond acceptors (Lipinski definition) is 0. The molecule has 0 amide bonds. The third-order valence-electron chi connectivity index (χ3n) is 2.08. The van der Waals surface area contributed by atoms with Crippen molar-refractivity contribution in [3.63, 3.8) is 0 Å². The van der Waals surface area contributed by atoms with Crippen LogP contribution in [0.4, 0.5) is 0 Å². The first kappa shape index (κ1) is 4.37. The zero-order valence-corrected chi connectivity index (χ0v) is 5.04. The lowest BCUT2D eigenvalue weighted by molar-refractivity contribution is 0.819. The largest absolute Gasteiger partial charge is 0.0955 e. The van der Waals surface area contributed by atoms with Gasteiger partial charge in [0.1, 0.15) is 0 Å². The van der Waals surface area contributed by atoms with Crippen molar-refractivity contribution in [3.05, 3.63) is 23.3 Å². The van der Waals surface area contributed by atoms with E-state index in [0.717, 1.165) is 0 Å². The van der Waals surface area contributed by atoms with Crippen LogP contribution in [0.1, 0.15) is 25.7 Å². The van der Waals surface area contributed by atoms with E-state index in [9.17, 15) is 0 Å². The molecule has 0 saturated carbocycles. The summed E-state index contributed by atoms with van der Waals surface area (Å²) in [6, 6.07) is 0. The molecule has 0 saturated heterocycles. The van der Waals surface area contributed by atoms with Crippen LogP contribution in [-0.2, 0) is 0 Å². The van der Waals surface area contributed by atoms with Crippen LogP contribution in [0.5, 0.6) is 0 Å². The van der Waals surface area contributed by atoms with Crippen molar-refractivity contribution in [2.24, 2.45) is 0 Å². The first-order chi connectivity index (χ1) is 3.88. The van der Waals surface area contributed by atoms with Crippen molar-refractivity contribution in [2.75, 3.05) is 0 Å². The molecule has 0 heteroatoms. The van der Waals surface area contributed by atoms with E-state index in [1.807, 2.05) is 0 Å². The molecule has 42 valence electrons. The molecule has 8 heavy (non-hydrogen) atoms. The van der Waals surface area contributed by atoms with Crippen molar-refractivity contribution in [2.45, 2.75) is 25.7 Å². The molecule has 0 unspecified atom stereocenters. The van der Waals surface area contributed by atoms with E-state index in [0.29, 0.717) is 0 Å². The summed E-state index contributed by atoms with van der Waals surface area (Å²) in [5.41, 5.74) is 4.73. The molecule has 0 fully saturated rings. The average molecular weight is 106 g/mol. The topological polar surface area (TPSA) is 0 Å². The van der Waals surface area contributed by atoms with Gasteiger partial charge in [-0.1, -0.05) is 17.7 Å². The molecule has 0 aliphatic heterocycles. The predicted octanol–water partition coefficient (Wildman–Crippen LogP) is 2.43. The Kier molecular flexibility index (Phi) is 0.682. The molecule has 2 aliphatic carbocycles. The Bertz CT molecular complexity index is 165. The molecule has 2 aliphatic rings. The molecule has 0 radical (unpaired) electrons. The van der Waals surface area contributed by atoms with Gasteiger partial charge in [-0.15, -0.1) is 0 Å². The summed E-state index contributed by atoms with van der Waals surface area (Å²) in [6.07, 6.45) is 5.30. The van der Waals surface area contributed by atoms with E-state index < -0.39 is 0 Å². The molecule has 0 aromatic carbocycles. The van der Waals surface area contributed by atoms with Crippen LogP contribution in [0.3, 0.4) is 0 Å². The third kappa shape index (κ3) is 0.459. The Balaban J connectivity index is 2.29. The maximum atomic E-state index is 3.98. The van der Waals surface area contributed by atoms with Gasteiger partial charge in [0, 0.05) is 0 Å². The van der Waals surface area contributed by atoms with Crippen molar-refractivity contribution < 1.29 is 0 Å². The molecule has 0 aromatic rings.